The molecule has 0 aromatic heterocycles. The van der Waals surface area contributed by atoms with Crippen LogP contribution in [-0.4, -0.2) is 12.9 Å². The molecule has 0 unspecified atom stereocenters. The maximum atomic E-state index is 13.1. The van der Waals surface area contributed by atoms with Crippen LogP contribution in [0, 0.1) is 9.39 Å². The first kappa shape index (κ1) is 10.4. The van der Waals surface area contributed by atoms with Gasteiger partial charge in [-0.05, 0) is 41.6 Å². The molecule has 0 heterocycles. The van der Waals surface area contributed by atoms with E-state index in [1.165, 1.54) is 26.2 Å². The van der Waals surface area contributed by atoms with Gasteiger partial charge in [0, 0.05) is 5.56 Å². The van der Waals surface area contributed by atoms with E-state index in [2.05, 4.69) is 0 Å². The van der Waals surface area contributed by atoms with Crippen molar-refractivity contribution in [2.45, 2.75) is 6.92 Å². The molecule has 0 aliphatic rings. The molecule has 0 bridgehead atoms. The number of hydrogen-bond acceptors (Lipinski definition) is 2. The zero-order chi connectivity index (χ0) is 10.0. The molecule has 0 saturated heterocycles. The van der Waals surface area contributed by atoms with Crippen molar-refractivity contribution in [2.75, 3.05) is 7.11 Å². The SMILES string of the molecule is COc1c(F)ccc(C(C)=O)c1I. The summed E-state index contributed by atoms with van der Waals surface area (Å²) in [5, 5.41) is 0. The Morgan fingerprint density at radius 1 is 1.54 bits per heavy atom. The van der Waals surface area contributed by atoms with Crippen LogP contribution in [0.5, 0.6) is 5.75 Å². The van der Waals surface area contributed by atoms with E-state index in [4.69, 9.17) is 4.74 Å². The zero-order valence-corrected chi connectivity index (χ0v) is 9.38. The highest BCUT2D eigenvalue weighted by atomic mass is 127. The van der Waals surface area contributed by atoms with Crippen molar-refractivity contribution in [3.8, 4) is 5.75 Å². The van der Waals surface area contributed by atoms with E-state index in [9.17, 15) is 9.18 Å². The highest BCUT2D eigenvalue weighted by Gasteiger charge is 2.13. The Morgan fingerprint density at radius 2 is 2.15 bits per heavy atom. The Bertz CT molecular complexity index is 350. The molecule has 1 rings (SSSR count). The minimum Gasteiger partial charge on any atom is -0.493 e. The van der Waals surface area contributed by atoms with Crippen LogP contribution in [0.4, 0.5) is 4.39 Å². The van der Waals surface area contributed by atoms with Crippen molar-refractivity contribution < 1.29 is 13.9 Å². The molecule has 0 aliphatic heterocycles. The second kappa shape index (κ2) is 4.04. The molecule has 0 aliphatic carbocycles. The summed E-state index contributed by atoms with van der Waals surface area (Å²) in [6.45, 7) is 1.44. The second-order valence-corrected chi connectivity index (χ2v) is 3.58. The third kappa shape index (κ3) is 1.99. The normalized spacial score (nSPS) is 9.85. The lowest BCUT2D eigenvalue weighted by Crippen LogP contribution is -2.00. The van der Waals surface area contributed by atoms with E-state index in [0.29, 0.717) is 9.13 Å². The number of ketones is 1. The second-order valence-electron chi connectivity index (χ2n) is 2.50. The topological polar surface area (TPSA) is 26.3 Å². The standard InChI is InChI=1S/C9H8FIO2/c1-5(12)6-3-4-7(10)9(13-2)8(6)11/h3-4H,1-2H3. The van der Waals surface area contributed by atoms with Crippen LogP contribution < -0.4 is 4.74 Å². The van der Waals surface area contributed by atoms with Gasteiger partial charge in [0.1, 0.15) is 0 Å². The smallest absolute Gasteiger partial charge is 0.168 e. The van der Waals surface area contributed by atoms with E-state index in [1.54, 1.807) is 0 Å². The van der Waals surface area contributed by atoms with E-state index in [1.807, 2.05) is 22.6 Å². The lowest BCUT2D eigenvalue weighted by Gasteiger charge is -2.07. The highest BCUT2D eigenvalue weighted by Crippen LogP contribution is 2.27. The van der Waals surface area contributed by atoms with Crippen molar-refractivity contribution >= 4 is 28.4 Å². The fourth-order valence-electron chi connectivity index (χ4n) is 0.992. The molecular weight excluding hydrogens is 286 g/mol. The Balaban J connectivity index is 3.35. The summed E-state index contributed by atoms with van der Waals surface area (Å²) in [6, 6.07) is 2.69. The van der Waals surface area contributed by atoms with E-state index < -0.39 is 5.82 Å². The van der Waals surface area contributed by atoms with Crippen LogP contribution >= 0.6 is 22.6 Å². The van der Waals surface area contributed by atoms with E-state index >= 15 is 0 Å². The van der Waals surface area contributed by atoms with E-state index in [0.717, 1.165) is 0 Å². The lowest BCUT2D eigenvalue weighted by molar-refractivity contribution is 0.101. The van der Waals surface area contributed by atoms with Crippen molar-refractivity contribution in [3.63, 3.8) is 0 Å². The summed E-state index contributed by atoms with van der Waals surface area (Å²) in [5.74, 6) is -0.409. The van der Waals surface area contributed by atoms with Gasteiger partial charge in [-0.15, -0.1) is 0 Å². The average Bonchev–Trinajstić information content (AvgIpc) is 2.04. The molecule has 4 heteroatoms. The maximum absolute atomic E-state index is 13.1. The highest BCUT2D eigenvalue weighted by molar-refractivity contribution is 14.1. The minimum atomic E-state index is -0.447. The molecule has 2 nitrogen and oxygen atoms in total. The van der Waals surface area contributed by atoms with Crippen molar-refractivity contribution in [1.82, 2.24) is 0 Å². The van der Waals surface area contributed by atoms with Gasteiger partial charge < -0.3 is 4.74 Å². The molecular formula is C9H8FIO2. The monoisotopic (exact) mass is 294 g/mol. The van der Waals surface area contributed by atoms with Crippen LogP contribution in [0.3, 0.4) is 0 Å². The van der Waals surface area contributed by atoms with Gasteiger partial charge >= 0.3 is 0 Å². The van der Waals surface area contributed by atoms with Crippen LogP contribution in [0.1, 0.15) is 17.3 Å². The summed E-state index contributed by atoms with van der Waals surface area (Å²) >= 11 is 1.90. The Morgan fingerprint density at radius 3 is 2.62 bits per heavy atom. The summed E-state index contributed by atoms with van der Waals surface area (Å²) in [6.07, 6.45) is 0. The molecule has 0 N–H and O–H groups in total. The molecule has 1 aromatic carbocycles. The Kier molecular flexibility index (Phi) is 3.24. The van der Waals surface area contributed by atoms with Gasteiger partial charge in [0.05, 0.1) is 10.7 Å². The van der Waals surface area contributed by atoms with Gasteiger partial charge in [0.2, 0.25) is 0 Å². The van der Waals surface area contributed by atoms with Gasteiger partial charge in [-0.3, -0.25) is 4.79 Å². The van der Waals surface area contributed by atoms with Crippen LogP contribution in [0.2, 0.25) is 0 Å². The molecule has 0 spiro atoms. The predicted octanol–water partition coefficient (Wildman–Crippen LogP) is 2.64. The molecule has 0 atom stereocenters. The Hall–Kier alpha value is -0.650. The Labute approximate surface area is 89.2 Å². The molecule has 1 aromatic rings. The summed E-state index contributed by atoms with van der Waals surface area (Å²) in [7, 11) is 1.38. The van der Waals surface area contributed by atoms with Gasteiger partial charge in [-0.25, -0.2) is 4.39 Å². The number of rotatable bonds is 2. The predicted molar refractivity (Wildman–Crippen MR) is 55.7 cm³/mol. The number of hydrogen-bond donors (Lipinski definition) is 0. The maximum Gasteiger partial charge on any atom is 0.168 e. The molecule has 0 fully saturated rings. The number of ether oxygens (including phenoxy) is 1. The van der Waals surface area contributed by atoms with Crippen molar-refractivity contribution in [1.29, 1.82) is 0 Å². The quantitative estimate of drug-likeness (QED) is 0.619. The van der Waals surface area contributed by atoms with Crippen molar-refractivity contribution in [3.05, 3.63) is 27.1 Å². The number of benzene rings is 1. The number of Topliss-reactive ketones (excluding diaryl/α,β-unsaturated/α-hetero) is 1. The number of halogens is 2. The molecule has 0 saturated carbocycles. The van der Waals surface area contributed by atoms with E-state index in [-0.39, 0.29) is 11.5 Å². The number of carbonyl (C=O) groups excluding carboxylic acids is 1. The first-order chi connectivity index (χ1) is 6.07. The molecule has 0 radical (unpaired) electrons. The summed E-state index contributed by atoms with van der Waals surface area (Å²) in [4.78, 5) is 11.1. The largest absolute Gasteiger partial charge is 0.493 e. The van der Waals surface area contributed by atoms with Crippen LogP contribution in [-0.2, 0) is 0 Å². The number of carbonyl (C=O) groups is 1. The van der Waals surface area contributed by atoms with Gasteiger partial charge in [-0.1, -0.05) is 0 Å². The molecule has 70 valence electrons. The third-order valence-electron chi connectivity index (χ3n) is 1.63. The lowest BCUT2D eigenvalue weighted by atomic mass is 10.1. The molecule has 13 heavy (non-hydrogen) atoms. The van der Waals surface area contributed by atoms with Crippen LogP contribution in [0.25, 0.3) is 0 Å². The molecule has 0 amide bonds. The first-order valence-corrected chi connectivity index (χ1v) is 4.68. The summed E-state index contributed by atoms with van der Waals surface area (Å²) in [5.41, 5.74) is 0.485. The van der Waals surface area contributed by atoms with Crippen molar-refractivity contribution in [2.24, 2.45) is 0 Å². The summed E-state index contributed by atoms with van der Waals surface area (Å²) < 4.78 is 18.4. The fraction of sp³-hybridized carbons (Fsp3) is 0.222. The third-order valence-corrected chi connectivity index (χ3v) is 2.70. The zero-order valence-electron chi connectivity index (χ0n) is 7.23. The van der Waals surface area contributed by atoms with Gasteiger partial charge in [0.15, 0.2) is 17.3 Å². The fourth-order valence-corrected chi connectivity index (χ4v) is 2.03. The first-order valence-electron chi connectivity index (χ1n) is 3.61. The van der Waals surface area contributed by atoms with Crippen LogP contribution in [0.15, 0.2) is 12.1 Å². The van der Waals surface area contributed by atoms with Gasteiger partial charge in [-0.2, -0.15) is 0 Å². The van der Waals surface area contributed by atoms with Gasteiger partial charge in [0.25, 0.3) is 0 Å². The minimum absolute atomic E-state index is 0.0947. The average molecular weight is 294 g/mol. The number of methoxy groups -OCH3 is 1.